The Balaban J connectivity index is 1.93. The van der Waals surface area contributed by atoms with Crippen molar-refractivity contribution in [2.75, 3.05) is 25.1 Å². The lowest BCUT2D eigenvalue weighted by atomic mass is 10.0. The number of rotatable bonds is 6. The SMILES string of the molecule is CCCNC1COCC1C(=O)Nc1ccc(C(C)C)cc1. The van der Waals surface area contributed by atoms with Crippen LogP contribution in [0.2, 0.25) is 0 Å². The second-order valence-corrected chi connectivity index (χ2v) is 5.97. The van der Waals surface area contributed by atoms with Crippen LogP contribution in [0.3, 0.4) is 0 Å². The van der Waals surface area contributed by atoms with Crippen molar-refractivity contribution in [3.8, 4) is 0 Å². The maximum absolute atomic E-state index is 12.4. The normalized spacial score (nSPS) is 21.7. The molecule has 0 spiro atoms. The standard InChI is InChI=1S/C17H26N2O2/c1-4-9-18-16-11-21-10-15(16)17(20)19-14-7-5-13(6-8-14)12(2)3/h5-8,12,15-16,18H,4,9-11H2,1-3H3,(H,19,20). The average Bonchev–Trinajstić information content (AvgIpc) is 2.94. The Hall–Kier alpha value is -1.39. The van der Waals surface area contributed by atoms with Crippen LogP contribution in [0.15, 0.2) is 24.3 Å². The maximum atomic E-state index is 12.4. The third kappa shape index (κ3) is 4.29. The molecule has 0 bridgehead atoms. The summed E-state index contributed by atoms with van der Waals surface area (Å²) < 4.78 is 5.45. The van der Waals surface area contributed by atoms with E-state index in [0.717, 1.165) is 18.7 Å². The summed E-state index contributed by atoms with van der Waals surface area (Å²) in [7, 11) is 0. The maximum Gasteiger partial charge on any atom is 0.231 e. The molecule has 0 aliphatic carbocycles. The largest absolute Gasteiger partial charge is 0.379 e. The van der Waals surface area contributed by atoms with Gasteiger partial charge in [-0.15, -0.1) is 0 Å². The second kappa shape index (κ2) is 7.57. The Morgan fingerprint density at radius 2 is 2.00 bits per heavy atom. The predicted octanol–water partition coefficient (Wildman–Crippen LogP) is 2.76. The van der Waals surface area contributed by atoms with Crippen LogP contribution in [0.4, 0.5) is 5.69 Å². The summed E-state index contributed by atoms with van der Waals surface area (Å²) >= 11 is 0. The first-order valence-corrected chi connectivity index (χ1v) is 7.83. The third-order valence-corrected chi connectivity index (χ3v) is 3.92. The van der Waals surface area contributed by atoms with Crippen LogP contribution < -0.4 is 10.6 Å². The van der Waals surface area contributed by atoms with Crippen LogP contribution in [0.5, 0.6) is 0 Å². The number of carbonyl (C=O) groups is 1. The molecule has 2 unspecified atom stereocenters. The molecule has 116 valence electrons. The summed E-state index contributed by atoms with van der Waals surface area (Å²) in [5.74, 6) is 0.431. The smallest absolute Gasteiger partial charge is 0.231 e. The lowest BCUT2D eigenvalue weighted by Gasteiger charge is -2.18. The van der Waals surface area contributed by atoms with Crippen molar-refractivity contribution in [3.05, 3.63) is 29.8 Å². The van der Waals surface area contributed by atoms with Crippen molar-refractivity contribution < 1.29 is 9.53 Å². The van der Waals surface area contributed by atoms with E-state index < -0.39 is 0 Å². The summed E-state index contributed by atoms with van der Waals surface area (Å²) in [6.45, 7) is 8.47. The molecule has 2 atom stereocenters. The van der Waals surface area contributed by atoms with E-state index in [4.69, 9.17) is 4.74 Å². The zero-order valence-corrected chi connectivity index (χ0v) is 13.2. The minimum absolute atomic E-state index is 0.0402. The van der Waals surface area contributed by atoms with Gasteiger partial charge in [-0.05, 0) is 36.6 Å². The minimum atomic E-state index is -0.110. The van der Waals surface area contributed by atoms with Crippen LogP contribution in [-0.4, -0.2) is 31.7 Å². The summed E-state index contributed by atoms with van der Waals surface area (Å²) in [6.07, 6.45) is 1.06. The zero-order chi connectivity index (χ0) is 15.2. The van der Waals surface area contributed by atoms with Gasteiger partial charge in [-0.2, -0.15) is 0 Å². The van der Waals surface area contributed by atoms with E-state index >= 15 is 0 Å². The van der Waals surface area contributed by atoms with Crippen molar-refractivity contribution in [2.45, 2.75) is 39.2 Å². The van der Waals surface area contributed by atoms with Gasteiger partial charge in [-0.1, -0.05) is 32.9 Å². The van der Waals surface area contributed by atoms with Gasteiger partial charge in [0.2, 0.25) is 5.91 Å². The molecule has 1 fully saturated rings. The highest BCUT2D eigenvalue weighted by Crippen LogP contribution is 2.20. The number of ether oxygens (including phenoxy) is 1. The van der Waals surface area contributed by atoms with Crippen molar-refractivity contribution >= 4 is 11.6 Å². The number of anilines is 1. The molecule has 2 N–H and O–H groups in total. The van der Waals surface area contributed by atoms with E-state index in [9.17, 15) is 4.79 Å². The molecular weight excluding hydrogens is 264 g/mol. The topological polar surface area (TPSA) is 50.4 Å². The van der Waals surface area contributed by atoms with E-state index in [1.165, 1.54) is 5.56 Å². The molecule has 1 saturated heterocycles. The van der Waals surface area contributed by atoms with Gasteiger partial charge >= 0.3 is 0 Å². The molecule has 4 heteroatoms. The monoisotopic (exact) mass is 290 g/mol. The van der Waals surface area contributed by atoms with Crippen LogP contribution in [-0.2, 0) is 9.53 Å². The molecule has 0 aromatic heterocycles. The first-order chi connectivity index (χ1) is 10.1. The first-order valence-electron chi connectivity index (χ1n) is 7.83. The minimum Gasteiger partial charge on any atom is -0.379 e. The molecule has 1 aliphatic rings. The van der Waals surface area contributed by atoms with Crippen molar-refractivity contribution in [1.82, 2.24) is 5.32 Å². The number of hydrogen-bond acceptors (Lipinski definition) is 3. The molecule has 2 rings (SSSR count). The molecular formula is C17H26N2O2. The van der Waals surface area contributed by atoms with E-state index in [1.807, 2.05) is 12.1 Å². The van der Waals surface area contributed by atoms with E-state index in [1.54, 1.807) is 0 Å². The summed E-state index contributed by atoms with van der Waals surface area (Å²) in [5.41, 5.74) is 2.13. The fourth-order valence-corrected chi connectivity index (χ4v) is 2.53. The van der Waals surface area contributed by atoms with Gasteiger partial charge in [0.15, 0.2) is 0 Å². The number of hydrogen-bond donors (Lipinski definition) is 2. The molecule has 21 heavy (non-hydrogen) atoms. The third-order valence-electron chi connectivity index (χ3n) is 3.92. The Bertz CT molecular complexity index is 456. The fraction of sp³-hybridized carbons (Fsp3) is 0.588. The molecule has 4 nitrogen and oxygen atoms in total. The highest BCUT2D eigenvalue weighted by Gasteiger charge is 2.33. The van der Waals surface area contributed by atoms with Crippen LogP contribution in [0.25, 0.3) is 0 Å². The predicted molar refractivity (Wildman–Crippen MR) is 85.6 cm³/mol. The highest BCUT2D eigenvalue weighted by atomic mass is 16.5. The van der Waals surface area contributed by atoms with E-state index in [0.29, 0.717) is 19.1 Å². The number of carbonyl (C=O) groups excluding carboxylic acids is 1. The second-order valence-electron chi connectivity index (χ2n) is 5.97. The van der Waals surface area contributed by atoms with Crippen LogP contribution in [0, 0.1) is 5.92 Å². The first kappa shape index (κ1) is 16.0. The highest BCUT2D eigenvalue weighted by molar-refractivity contribution is 5.93. The molecule has 1 aromatic carbocycles. The lowest BCUT2D eigenvalue weighted by molar-refractivity contribution is -0.120. The van der Waals surface area contributed by atoms with Crippen LogP contribution in [0.1, 0.15) is 38.7 Å². The summed E-state index contributed by atoms with van der Waals surface area (Å²) in [6, 6.07) is 8.20. The van der Waals surface area contributed by atoms with Gasteiger partial charge in [-0.3, -0.25) is 4.79 Å². The number of nitrogens with one attached hydrogen (secondary N) is 2. The van der Waals surface area contributed by atoms with Crippen molar-refractivity contribution in [2.24, 2.45) is 5.92 Å². The molecule has 0 radical (unpaired) electrons. The van der Waals surface area contributed by atoms with Gasteiger partial charge in [0.25, 0.3) is 0 Å². The van der Waals surface area contributed by atoms with Crippen molar-refractivity contribution in [3.63, 3.8) is 0 Å². The fourth-order valence-electron chi connectivity index (χ4n) is 2.53. The van der Waals surface area contributed by atoms with E-state index in [-0.39, 0.29) is 17.9 Å². The van der Waals surface area contributed by atoms with Crippen LogP contribution >= 0.6 is 0 Å². The Morgan fingerprint density at radius 3 is 2.62 bits per heavy atom. The summed E-state index contributed by atoms with van der Waals surface area (Å²) in [4.78, 5) is 12.4. The van der Waals surface area contributed by atoms with Gasteiger partial charge in [0.1, 0.15) is 0 Å². The van der Waals surface area contributed by atoms with E-state index in [2.05, 4.69) is 43.5 Å². The quantitative estimate of drug-likeness (QED) is 0.847. The van der Waals surface area contributed by atoms with Gasteiger partial charge in [-0.25, -0.2) is 0 Å². The molecule has 1 amide bonds. The average molecular weight is 290 g/mol. The molecule has 1 aliphatic heterocycles. The molecule has 0 saturated carbocycles. The Labute approximate surface area is 127 Å². The lowest BCUT2D eigenvalue weighted by Crippen LogP contribution is -2.41. The van der Waals surface area contributed by atoms with Gasteiger partial charge in [0, 0.05) is 11.7 Å². The zero-order valence-electron chi connectivity index (χ0n) is 13.2. The Kier molecular flexibility index (Phi) is 5.76. The van der Waals surface area contributed by atoms with Gasteiger partial charge in [0.05, 0.1) is 19.1 Å². The molecule has 1 aromatic rings. The number of amides is 1. The van der Waals surface area contributed by atoms with Crippen molar-refractivity contribution in [1.29, 1.82) is 0 Å². The van der Waals surface area contributed by atoms with Gasteiger partial charge < -0.3 is 15.4 Å². The summed E-state index contributed by atoms with van der Waals surface area (Å²) in [5, 5.41) is 6.38. The molecule has 1 heterocycles. The Morgan fingerprint density at radius 1 is 1.29 bits per heavy atom. The number of benzene rings is 1.